The minimum atomic E-state index is -1.16. The van der Waals surface area contributed by atoms with E-state index in [0.29, 0.717) is 36.0 Å². The van der Waals surface area contributed by atoms with Gasteiger partial charge in [-0.3, -0.25) is 0 Å². The van der Waals surface area contributed by atoms with E-state index >= 15 is 0 Å². The van der Waals surface area contributed by atoms with Crippen LogP contribution in [-0.2, 0) is 11.5 Å². The maximum atomic E-state index is 13.7. The zero-order chi connectivity index (χ0) is 19.4. The molecule has 0 amide bonds. The Balaban J connectivity index is 1.80. The number of ether oxygens (including phenoxy) is 1. The monoisotopic (exact) mass is 389 g/mol. The first-order valence-electron chi connectivity index (χ1n) is 8.80. The average Bonchev–Trinajstić information content (AvgIpc) is 3.29. The van der Waals surface area contributed by atoms with Crippen molar-refractivity contribution in [1.82, 2.24) is 14.5 Å². The SMILES string of the molecule is C[Si](C)(C)CCOCn1ccnc1C(O)c1ccc(F)cc1-c1cocn1. The van der Waals surface area contributed by atoms with E-state index in [1.54, 1.807) is 17.0 Å². The van der Waals surface area contributed by atoms with Gasteiger partial charge in [-0.2, -0.15) is 0 Å². The van der Waals surface area contributed by atoms with Gasteiger partial charge in [-0.15, -0.1) is 0 Å². The number of aliphatic hydroxyl groups is 1. The molecule has 3 aromatic rings. The number of hydrogen-bond acceptors (Lipinski definition) is 5. The molecule has 2 heterocycles. The van der Waals surface area contributed by atoms with Crippen molar-refractivity contribution >= 4 is 8.07 Å². The Morgan fingerprint density at radius 2 is 2.11 bits per heavy atom. The summed E-state index contributed by atoms with van der Waals surface area (Å²) in [6.07, 6.45) is 5.00. The van der Waals surface area contributed by atoms with Crippen molar-refractivity contribution in [1.29, 1.82) is 0 Å². The third-order valence-corrected chi connectivity index (χ3v) is 5.94. The van der Waals surface area contributed by atoms with E-state index in [9.17, 15) is 9.50 Å². The molecule has 0 aliphatic heterocycles. The van der Waals surface area contributed by atoms with E-state index < -0.39 is 20.0 Å². The zero-order valence-electron chi connectivity index (χ0n) is 15.7. The number of oxazole rings is 1. The van der Waals surface area contributed by atoms with E-state index in [0.717, 1.165) is 6.04 Å². The first-order chi connectivity index (χ1) is 12.8. The van der Waals surface area contributed by atoms with Crippen molar-refractivity contribution in [2.75, 3.05) is 6.61 Å². The molecule has 27 heavy (non-hydrogen) atoms. The van der Waals surface area contributed by atoms with Crippen molar-refractivity contribution < 1.29 is 18.7 Å². The van der Waals surface area contributed by atoms with Gasteiger partial charge >= 0.3 is 0 Å². The second kappa shape index (κ2) is 8.16. The largest absolute Gasteiger partial charge is 0.451 e. The van der Waals surface area contributed by atoms with E-state index in [1.165, 1.54) is 30.9 Å². The summed E-state index contributed by atoms with van der Waals surface area (Å²) in [4.78, 5) is 8.33. The predicted molar refractivity (Wildman–Crippen MR) is 102 cm³/mol. The molecule has 144 valence electrons. The summed E-state index contributed by atoms with van der Waals surface area (Å²) >= 11 is 0. The topological polar surface area (TPSA) is 73.3 Å². The molecule has 3 rings (SSSR count). The van der Waals surface area contributed by atoms with Crippen LogP contribution in [0.2, 0.25) is 25.7 Å². The number of rotatable bonds is 8. The molecule has 0 saturated carbocycles. The minimum absolute atomic E-state index is 0.303. The highest BCUT2D eigenvalue weighted by Crippen LogP contribution is 2.31. The van der Waals surface area contributed by atoms with E-state index in [-0.39, 0.29) is 0 Å². The number of imidazole rings is 1. The molecule has 1 aromatic carbocycles. The molecule has 0 aliphatic carbocycles. The molecule has 0 fully saturated rings. The van der Waals surface area contributed by atoms with Crippen molar-refractivity contribution in [3.8, 4) is 11.3 Å². The Hall–Kier alpha value is -2.29. The van der Waals surface area contributed by atoms with Crippen molar-refractivity contribution in [3.05, 3.63) is 60.5 Å². The molecule has 1 atom stereocenters. The van der Waals surface area contributed by atoms with Gasteiger partial charge in [0.15, 0.2) is 6.39 Å². The van der Waals surface area contributed by atoms with Crippen LogP contribution in [0.5, 0.6) is 0 Å². The van der Waals surface area contributed by atoms with Crippen LogP contribution < -0.4 is 0 Å². The molecule has 2 aromatic heterocycles. The van der Waals surface area contributed by atoms with Gasteiger partial charge in [-0.25, -0.2) is 14.4 Å². The second-order valence-corrected chi connectivity index (χ2v) is 13.2. The Morgan fingerprint density at radius 1 is 1.30 bits per heavy atom. The molecule has 0 spiro atoms. The number of hydrogen-bond donors (Lipinski definition) is 1. The second-order valence-electron chi connectivity index (χ2n) is 7.61. The van der Waals surface area contributed by atoms with Crippen LogP contribution >= 0.6 is 0 Å². The normalized spacial score (nSPS) is 13.1. The fourth-order valence-corrected chi connectivity index (χ4v) is 3.45. The first kappa shape index (κ1) is 19.5. The molecular formula is C19H24FN3O3Si. The Kier molecular flexibility index (Phi) is 5.88. The average molecular weight is 390 g/mol. The van der Waals surface area contributed by atoms with Crippen molar-refractivity contribution in [2.24, 2.45) is 0 Å². The highest BCUT2D eigenvalue weighted by atomic mass is 28.3. The summed E-state index contributed by atoms with van der Waals surface area (Å²) in [6, 6.07) is 5.23. The quantitative estimate of drug-likeness (QED) is 0.464. The summed E-state index contributed by atoms with van der Waals surface area (Å²) in [6.45, 7) is 7.86. The lowest BCUT2D eigenvalue weighted by Crippen LogP contribution is -2.22. The molecule has 0 saturated heterocycles. The summed E-state index contributed by atoms with van der Waals surface area (Å²) in [7, 11) is -1.16. The highest BCUT2D eigenvalue weighted by Gasteiger charge is 2.22. The van der Waals surface area contributed by atoms with Gasteiger partial charge in [-0.1, -0.05) is 25.7 Å². The zero-order valence-corrected chi connectivity index (χ0v) is 16.7. The number of nitrogens with zero attached hydrogens (tertiary/aromatic N) is 3. The van der Waals surface area contributed by atoms with E-state index in [2.05, 4.69) is 29.6 Å². The van der Waals surface area contributed by atoms with E-state index in [4.69, 9.17) is 9.15 Å². The van der Waals surface area contributed by atoms with Gasteiger partial charge in [0.25, 0.3) is 0 Å². The van der Waals surface area contributed by atoms with Crippen LogP contribution in [0.1, 0.15) is 17.5 Å². The van der Waals surface area contributed by atoms with E-state index in [1.807, 2.05) is 0 Å². The highest BCUT2D eigenvalue weighted by molar-refractivity contribution is 6.76. The molecule has 0 radical (unpaired) electrons. The Bertz CT molecular complexity index is 875. The Morgan fingerprint density at radius 3 is 2.81 bits per heavy atom. The predicted octanol–water partition coefficient (Wildman–Crippen LogP) is 4.07. The van der Waals surface area contributed by atoms with Crippen LogP contribution in [0.4, 0.5) is 4.39 Å². The summed E-state index contributed by atoms with van der Waals surface area (Å²) in [5.41, 5.74) is 1.42. The number of aromatic nitrogens is 3. The van der Waals surface area contributed by atoms with Gasteiger partial charge in [0.1, 0.15) is 36.4 Å². The standard InChI is InChI=1S/C19H24FN3O3Si/c1-27(2,3)9-8-25-13-23-7-6-21-19(23)18(24)15-5-4-14(20)10-16(15)17-11-26-12-22-17/h4-7,10-12,18,24H,8-9,13H2,1-3H3. The minimum Gasteiger partial charge on any atom is -0.451 e. The van der Waals surface area contributed by atoms with Crippen LogP contribution in [0.3, 0.4) is 0 Å². The molecule has 0 aliphatic rings. The van der Waals surface area contributed by atoms with Gasteiger partial charge in [0, 0.05) is 32.6 Å². The van der Waals surface area contributed by atoms with Crippen molar-refractivity contribution in [3.63, 3.8) is 0 Å². The molecule has 6 nitrogen and oxygen atoms in total. The lowest BCUT2D eigenvalue weighted by Gasteiger charge is -2.18. The number of benzene rings is 1. The smallest absolute Gasteiger partial charge is 0.181 e. The summed E-state index contributed by atoms with van der Waals surface area (Å²) in [5, 5.41) is 10.9. The van der Waals surface area contributed by atoms with Crippen LogP contribution in [-0.4, -0.2) is 34.3 Å². The molecular weight excluding hydrogens is 365 g/mol. The lowest BCUT2D eigenvalue weighted by molar-refractivity contribution is 0.0787. The van der Waals surface area contributed by atoms with Crippen LogP contribution in [0.15, 0.2) is 47.7 Å². The van der Waals surface area contributed by atoms with Gasteiger partial charge in [0.05, 0.1) is 0 Å². The van der Waals surface area contributed by atoms with Crippen LogP contribution in [0.25, 0.3) is 11.3 Å². The molecule has 0 bridgehead atoms. The van der Waals surface area contributed by atoms with Gasteiger partial charge in [-0.05, 0) is 23.7 Å². The molecule has 8 heteroatoms. The number of halogens is 1. The summed E-state index contributed by atoms with van der Waals surface area (Å²) < 4.78 is 26.3. The number of aliphatic hydroxyl groups excluding tert-OH is 1. The summed E-state index contributed by atoms with van der Waals surface area (Å²) in [5.74, 6) is 0.0151. The maximum absolute atomic E-state index is 13.7. The van der Waals surface area contributed by atoms with Gasteiger partial charge < -0.3 is 18.8 Å². The van der Waals surface area contributed by atoms with Crippen LogP contribution in [0, 0.1) is 5.82 Å². The third kappa shape index (κ3) is 4.91. The van der Waals surface area contributed by atoms with Crippen molar-refractivity contribution in [2.45, 2.75) is 38.5 Å². The Labute approximate surface area is 158 Å². The maximum Gasteiger partial charge on any atom is 0.181 e. The fourth-order valence-electron chi connectivity index (χ4n) is 2.69. The fraction of sp³-hybridized carbons (Fsp3) is 0.368. The first-order valence-corrected chi connectivity index (χ1v) is 12.5. The third-order valence-electron chi connectivity index (χ3n) is 4.24. The molecule has 1 unspecified atom stereocenters. The lowest BCUT2D eigenvalue weighted by atomic mass is 9.99. The molecule has 1 N–H and O–H groups in total. The van der Waals surface area contributed by atoms with Gasteiger partial charge in [0.2, 0.25) is 0 Å².